The molecule has 0 unspecified atom stereocenters. The van der Waals surface area contributed by atoms with Crippen molar-refractivity contribution in [3.05, 3.63) is 64.2 Å². The van der Waals surface area contributed by atoms with Gasteiger partial charge in [-0.15, -0.1) is 0 Å². The van der Waals surface area contributed by atoms with Crippen LogP contribution in [0.3, 0.4) is 0 Å². The zero-order valence-corrected chi connectivity index (χ0v) is 17.4. The average Bonchev–Trinajstić information content (AvgIpc) is 2.62. The maximum absolute atomic E-state index is 6.26. The Bertz CT molecular complexity index is 1140. The first kappa shape index (κ1) is 17.9. The Kier molecular flexibility index (Phi) is 4.96. The topological polar surface area (TPSA) is 50.7 Å². The largest absolute Gasteiger partial charge is 0.256 e. The highest BCUT2D eigenvalue weighted by Gasteiger charge is 2.17. The van der Waals surface area contributed by atoms with E-state index >= 15 is 0 Å². The third-order valence-corrected chi connectivity index (χ3v) is 5.22. The first-order valence-electron chi connectivity index (χ1n) is 7.93. The summed E-state index contributed by atoms with van der Waals surface area (Å²) in [7, 11) is 0. The minimum atomic E-state index is 0.128. The lowest BCUT2D eigenvalue weighted by Crippen LogP contribution is -2.05. The number of aromatic nitrogens is 3. The fraction of sp³-hybridized carbons (Fsp3) is 0.105. The SMILES string of the molecule is Cc1cccc2cccc(-c3ncc4c(Cl)nc(Cl)nc4c3CNI)c12. The number of fused-ring (bicyclic) bond motifs is 2. The summed E-state index contributed by atoms with van der Waals surface area (Å²) in [6.45, 7) is 2.69. The summed E-state index contributed by atoms with van der Waals surface area (Å²) >= 11 is 14.4. The van der Waals surface area contributed by atoms with Gasteiger partial charge in [0.1, 0.15) is 5.15 Å². The molecule has 7 heteroatoms. The van der Waals surface area contributed by atoms with Crippen LogP contribution in [0.5, 0.6) is 0 Å². The number of halogens is 3. The molecule has 130 valence electrons. The summed E-state index contributed by atoms with van der Waals surface area (Å²) < 4.78 is 3.17. The fourth-order valence-corrected chi connectivity index (χ4v) is 4.08. The second-order valence-electron chi connectivity index (χ2n) is 5.92. The first-order chi connectivity index (χ1) is 12.6. The van der Waals surface area contributed by atoms with Crippen LogP contribution in [0.15, 0.2) is 42.6 Å². The Hall–Kier alpha value is -1.54. The lowest BCUT2D eigenvalue weighted by Gasteiger charge is -2.15. The molecule has 4 aromatic rings. The van der Waals surface area contributed by atoms with Gasteiger partial charge in [-0.2, -0.15) is 0 Å². The maximum Gasteiger partial charge on any atom is 0.224 e. The molecule has 0 amide bonds. The van der Waals surface area contributed by atoms with Crippen LogP contribution in [-0.4, -0.2) is 15.0 Å². The van der Waals surface area contributed by atoms with E-state index in [1.165, 1.54) is 16.3 Å². The van der Waals surface area contributed by atoms with Gasteiger partial charge in [0, 0.05) is 46.7 Å². The van der Waals surface area contributed by atoms with Gasteiger partial charge >= 0.3 is 0 Å². The smallest absolute Gasteiger partial charge is 0.224 e. The van der Waals surface area contributed by atoms with E-state index in [2.05, 4.69) is 73.6 Å². The van der Waals surface area contributed by atoms with Crippen LogP contribution in [0.1, 0.15) is 11.1 Å². The number of nitrogens with one attached hydrogen (secondary N) is 1. The van der Waals surface area contributed by atoms with E-state index in [9.17, 15) is 0 Å². The van der Waals surface area contributed by atoms with E-state index < -0.39 is 0 Å². The molecule has 4 nitrogen and oxygen atoms in total. The highest BCUT2D eigenvalue weighted by molar-refractivity contribution is 14.1. The van der Waals surface area contributed by atoms with Gasteiger partial charge in [-0.25, -0.2) is 9.97 Å². The van der Waals surface area contributed by atoms with Crippen molar-refractivity contribution in [1.29, 1.82) is 0 Å². The maximum atomic E-state index is 6.26. The van der Waals surface area contributed by atoms with Gasteiger partial charge < -0.3 is 0 Å². The third kappa shape index (κ3) is 3.03. The van der Waals surface area contributed by atoms with Crippen LogP contribution in [0.2, 0.25) is 10.4 Å². The van der Waals surface area contributed by atoms with Gasteiger partial charge in [-0.3, -0.25) is 8.51 Å². The van der Waals surface area contributed by atoms with Gasteiger partial charge in [-0.1, -0.05) is 48.0 Å². The molecule has 0 saturated carbocycles. The third-order valence-electron chi connectivity index (χ3n) is 4.38. The average molecular weight is 495 g/mol. The van der Waals surface area contributed by atoms with E-state index in [1.807, 2.05) is 6.07 Å². The van der Waals surface area contributed by atoms with Crippen LogP contribution in [0.4, 0.5) is 0 Å². The second-order valence-corrected chi connectivity index (χ2v) is 7.38. The minimum absolute atomic E-state index is 0.128. The van der Waals surface area contributed by atoms with E-state index in [0.29, 0.717) is 17.1 Å². The van der Waals surface area contributed by atoms with Crippen molar-refractivity contribution in [2.45, 2.75) is 13.5 Å². The number of rotatable bonds is 3. The van der Waals surface area contributed by atoms with Crippen molar-refractivity contribution in [2.24, 2.45) is 0 Å². The first-order valence-corrected chi connectivity index (χ1v) is 9.76. The number of aryl methyl sites for hydroxylation is 1. The molecule has 0 spiro atoms. The minimum Gasteiger partial charge on any atom is -0.256 e. The van der Waals surface area contributed by atoms with Crippen molar-refractivity contribution >= 4 is 67.7 Å². The van der Waals surface area contributed by atoms with Crippen LogP contribution < -0.4 is 3.53 Å². The van der Waals surface area contributed by atoms with Crippen molar-refractivity contribution in [2.75, 3.05) is 0 Å². The second kappa shape index (κ2) is 7.23. The van der Waals surface area contributed by atoms with Crippen molar-refractivity contribution < 1.29 is 0 Å². The molecule has 2 heterocycles. The summed E-state index contributed by atoms with van der Waals surface area (Å²) in [6, 6.07) is 12.5. The molecule has 0 saturated heterocycles. The van der Waals surface area contributed by atoms with Crippen LogP contribution in [0, 0.1) is 6.92 Å². The Morgan fingerprint density at radius 3 is 2.62 bits per heavy atom. The predicted molar refractivity (Wildman–Crippen MR) is 116 cm³/mol. The summed E-state index contributed by atoms with van der Waals surface area (Å²) in [4.78, 5) is 13.2. The molecule has 0 aliphatic heterocycles. The van der Waals surface area contributed by atoms with Crippen LogP contribution in [-0.2, 0) is 6.54 Å². The molecule has 0 radical (unpaired) electrons. The molecular formula is C19H13Cl2IN4. The normalized spacial score (nSPS) is 11.4. The molecule has 0 aliphatic rings. The molecule has 0 fully saturated rings. The van der Waals surface area contributed by atoms with Gasteiger partial charge in [0.2, 0.25) is 5.28 Å². The Morgan fingerprint density at radius 1 is 1.08 bits per heavy atom. The number of benzene rings is 2. The molecule has 2 aromatic heterocycles. The van der Waals surface area contributed by atoms with Gasteiger partial charge in [-0.05, 0) is 34.9 Å². The zero-order valence-electron chi connectivity index (χ0n) is 13.7. The summed E-state index contributed by atoms with van der Waals surface area (Å²) in [5.41, 5.74) is 4.79. The lowest BCUT2D eigenvalue weighted by atomic mass is 9.95. The van der Waals surface area contributed by atoms with Gasteiger partial charge in [0.15, 0.2) is 0 Å². The molecule has 0 atom stereocenters. The fourth-order valence-electron chi connectivity index (χ4n) is 3.27. The van der Waals surface area contributed by atoms with Crippen LogP contribution in [0.25, 0.3) is 32.9 Å². The van der Waals surface area contributed by atoms with Crippen molar-refractivity contribution in [3.63, 3.8) is 0 Å². The van der Waals surface area contributed by atoms with E-state index in [4.69, 9.17) is 28.2 Å². The molecule has 4 rings (SSSR count). The molecular weight excluding hydrogens is 482 g/mol. The standard InChI is InChI=1S/C19H13Cl2IN4/c1-10-4-2-5-11-6-3-7-12(15(10)11)16-13(9-24-22)17-14(8-23-16)18(20)26-19(21)25-17/h2-8,24H,9H2,1H3. The quantitative estimate of drug-likeness (QED) is 0.167. The van der Waals surface area contributed by atoms with E-state index in [-0.39, 0.29) is 5.28 Å². The zero-order chi connectivity index (χ0) is 18.3. The number of pyridine rings is 1. The number of hydrogen-bond acceptors (Lipinski definition) is 4. The number of hydrogen-bond donors (Lipinski definition) is 1. The molecule has 26 heavy (non-hydrogen) atoms. The Morgan fingerprint density at radius 2 is 1.85 bits per heavy atom. The van der Waals surface area contributed by atoms with Crippen molar-refractivity contribution in [1.82, 2.24) is 18.5 Å². The molecule has 0 bridgehead atoms. The highest BCUT2D eigenvalue weighted by atomic mass is 127. The number of nitrogens with zero attached hydrogens (tertiary/aromatic N) is 3. The van der Waals surface area contributed by atoms with Crippen molar-refractivity contribution in [3.8, 4) is 11.3 Å². The summed E-state index contributed by atoms with van der Waals surface area (Å²) in [5.74, 6) is 0. The Labute approximate surface area is 174 Å². The summed E-state index contributed by atoms with van der Waals surface area (Å²) in [6.07, 6.45) is 1.72. The molecule has 0 aliphatic carbocycles. The van der Waals surface area contributed by atoms with Crippen LogP contribution >= 0.6 is 46.1 Å². The Balaban J connectivity index is 2.11. The molecule has 1 N–H and O–H groups in total. The molecule has 2 aromatic carbocycles. The van der Waals surface area contributed by atoms with E-state index in [0.717, 1.165) is 22.3 Å². The van der Waals surface area contributed by atoms with Gasteiger partial charge in [0.25, 0.3) is 0 Å². The lowest BCUT2D eigenvalue weighted by molar-refractivity contribution is 1.01. The predicted octanol–water partition coefficient (Wildman–Crippen LogP) is 5.90. The highest BCUT2D eigenvalue weighted by Crippen LogP contribution is 2.35. The van der Waals surface area contributed by atoms with Gasteiger partial charge in [0.05, 0.1) is 16.6 Å². The summed E-state index contributed by atoms with van der Waals surface area (Å²) in [5, 5.41) is 3.49. The van der Waals surface area contributed by atoms with E-state index in [1.54, 1.807) is 6.20 Å². The monoisotopic (exact) mass is 494 g/mol.